The highest BCUT2D eigenvalue weighted by Crippen LogP contribution is 2.30. The molecule has 0 aromatic heterocycles. The van der Waals surface area contributed by atoms with Crippen molar-refractivity contribution in [3.63, 3.8) is 0 Å². The molecule has 0 unspecified atom stereocenters. The number of aromatic hydroxyl groups is 1. The number of benzene rings is 1. The Balaban J connectivity index is 3.08. The van der Waals surface area contributed by atoms with E-state index in [1.165, 1.54) is 6.07 Å². The second kappa shape index (κ2) is 5.17. The van der Waals surface area contributed by atoms with Gasteiger partial charge >= 0.3 is 0 Å². The van der Waals surface area contributed by atoms with Gasteiger partial charge in [-0.3, -0.25) is 4.79 Å². The number of phenols is 1. The predicted octanol–water partition coefficient (Wildman–Crippen LogP) is 3.25. The molecule has 0 saturated heterocycles. The minimum atomic E-state index is -0.624. The molecule has 0 atom stereocenters. The van der Waals surface area contributed by atoms with Gasteiger partial charge in [-0.25, -0.2) is 4.39 Å². The van der Waals surface area contributed by atoms with E-state index in [4.69, 9.17) is 0 Å². The Labute approximate surface area is 101 Å². The average molecular weight is 239 g/mol. The predicted molar refractivity (Wildman–Crippen MR) is 65.6 cm³/mol. The summed E-state index contributed by atoms with van der Waals surface area (Å²) in [5, 5.41) is 12.1. The maximum Gasteiger partial charge on any atom is 0.227 e. The van der Waals surface area contributed by atoms with Crippen molar-refractivity contribution in [2.45, 2.75) is 33.6 Å². The van der Waals surface area contributed by atoms with Crippen molar-refractivity contribution in [2.75, 3.05) is 5.32 Å². The van der Waals surface area contributed by atoms with Gasteiger partial charge in [0.25, 0.3) is 0 Å². The fourth-order valence-corrected chi connectivity index (χ4v) is 1.41. The van der Waals surface area contributed by atoms with Gasteiger partial charge in [0, 0.05) is 12.0 Å². The topological polar surface area (TPSA) is 49.3 Å². The third-order valence-corrected chi connectivity index (χ3v) is 2.52. The quantitative estimate of drug-likeness (QED) is 0.795. The van der Waals surface area contributed by atoms with Crippen LogP contribution in [-0.2, 0) is 4.79 Å². The molecule has 1 aromatic carbocycles. The van der Waals surface area contributed by atoms with Crippen LogP contribution in [0.5, 0.6) is 5.75 Å². The maximum absolute atomic E-state index is 13.5. The number of amides is 1. The number of halogens is 1. The van der Waals surface area contributed by atoms with Crippen molar-refractivity contribution >= 4 is 11.6 Å². The van der Waals surface area contributed by atoms with Crippen molar-refractivity contribution in [2.24, 2.45) is 5.92 Å². The van der Waals surface area contributed by atoms with Crippen molar-refractivity contribution in [1.29, 1.82) is 0 Å². The summed E-state index contributed by atoms with van der Waals surface area (Å²) in [5.41, 5.74) is 0.732. The number of hydrogen-bond donors (Lipinski definition) is 2. The third-order valence-electron chi connectivity index (χ3n) is 2.52. The third kappa shape index (κ3) is 3.19. The van der Waals surface area contributed by atoms with E-state index in [9.17, 15) is 14.3 Å². The molecule has 0 aliphatic heterocycles. The summed E-state index contributed by atoms with van der Waals surface area (Å²) in [5.74, 6) is -1.11. The van der Waals surface area contributed by atoms with Gasteiger partial charge in [0.15, 0.2) is 0 Å². The number of rotatable bonds is 3. The van der Waals surface area contributed by atoms with Crippen molar-refractivity contribution in [3.05, 3.63) is 23.5 Å². The largest absolute Gasteiger partial charge is 0.508 e. The summed E-state index contributed by atoms with van der Waals surface area (Å²) < 4.78 is 13.5. The monoisotopic (exact) mass is 239 g/mol. The van der Waals surface area contributed by atoms with Crippen LogP contribution in [0.3, 0.4) is 0 Å². The summed E-state index contributed by atoms with van der Waals surface area (Å²) in [6, 6.07) is 2.51. The summed E-state index contributed by atoms with van der Waals surface area (Å²) in [4.78, 5) is 11.5. The number of nitrogens with one attached hydrogen (secondary N) is 1. The minimum Gasteiger partial charge on any atom is -0.508 e. The minimum absolute atomic E-state index is 0.0605. The molecular formula is C13H18FNO2. The Bertz CT molecular complexity index is 428. The molecule has 94 valence electrons. The first-order chi connectivity index (χ1) is 7.82. The van der Waals surface area contributed by atoms with E-state index in [0.717, 1.165) is 6.07 Å². The molecule has 0 aliphatic rings. The Morgan fingerprint density at radius 1 is 1.29 bits per heavy atom. The highest BCUT2D eigenvalue weighted by Gasteiger charge is 2.15. The van der Waals surface area contributed by atoms with Gasteiger partial charge in [0.05, 0.1) is 5.69 Å². The molecule has 2 N–H and O–H groups in total. The van der Waals surface area contributed by atoms with E-state index in [0.29, 0.717) is 5.56 Å². The Hall–Kier alpha value is -1.58. The van der Waals surface area contributed by atoms with Gasteiger partial charge in [-0.15, -0.1) is 0 Å². The highest BCUT2D eigenvalue weighted by atomic mass is 19.1. The van der Waals surface area contributed by atoms with Crippen LogP contribution >= 0.6 is 0 Å². The first-order valence-corrected chi connectivity index (χ1v) is 5.66. The first kappa shape index (κ1) is 13.5. The van der Waals surface area contributed by atoms with Crippen LogP contribution in [0.15, 0.2) is 12.1 Å². The normalized spacial score (nSPS) is 11.0. The van der Waals surface area contributed by atoms with E-state index in [-0.39, 0.29) is 29.2 Å². The highest BCUT2D eigenvalue weighted by molar-refractivity contribution is 5.92. The first-order valence-electron chi connectivity index (χ1n) is 5.66. The molecule has 0 bridgehead atoms. The molecule has 0 fully saturated rings. The zero-order chi connectivity index (χ0) is 13.2. The summed E-state index contributed by atoms with van der Waals surface area (Å²) in [6.45, 7) is 7.25. The van der Waals surface area contributed by atoms with Gasteiger partial charge in [0.1, 0.15) is 11.6 Å². The SMILES string of the molecule is CC(C)C(=O)Nc1cc(C(C)C)c(O)cc1F. The molecular weight excluding hydrogens is 221 g/mol. The van der Waals surface area contributed by atoms with Crippen LogP contribution in [0.1, 0.15) is 39.2 Å². The zero-order valence-electron chi connectivity index (χ0n) is 10.5. The smallest absolute Gasteiger partial charge is 0.227 e. The molecule has 3 nitrogen and oxygen atoms in total. The number of carbonyl (C=O) groups excluding carboxylic acids is 1. The lowest BCUT2D eigenvalue weighted by molar-refractivity contribution is -0.118. The van der Waals surface area contributed by atoms with Gasteiger partial charge < -0.3 is 10.4 Å². The summed E-state index contributed by atoms with van der Waals surface area (Å²) in [7, 11) is 0. The van der Waals surface area contributed by atoms with Gasteiger partial charge in [0.2, 0.25) is 5.91 Å². The lowest BCUT2D eigenvalue weighted by atomic mass is 10.0. The van der Waals surface area contributed by atoms with E-state index in [1.54, 1.807) is 13.8 Å². The van der Waals surface area contributed by atoms with Gasteiger partial charge in [-0.2, -0.15) is 0 Å². The Kier molecular flexibility index (Phi) is 4.10. The van der Waals surface area contributed by atoms with Crippen molar-refractivity contribution in [3.8, 4) is 5.75 Å². The second-order valence-corrected chi connectivity index (χ2v) is 4.69. The molecule has 1 rings (SSSR count). The van der Waals surface area contributed by atoms with Crippen LogP contribution in [0.25, 0.3) is 0 Å². The molecule has 1 amide bonds. The van der Waals surface area contributed by atoms with E-state index in [2.05, 4.69) is 5.32 Å². The number of anilines is 1. The molecule has 0 aliphatic carbocycles. The molecule has 17 heavy (non-hydrogen) atoms. The van der Waals surface area contributed by atoms with Crippen LogP contribution in [0, 0.1) is 11.7 Å². The van der Waals surface area contributed by atoms with Crippen LogP contribution in [0.4, 0.5) is 10.1 Å². The number of hydrogen-bond acceptors (Lipinski definition) is 2. The summed E-state index contributed by atoms with van der Waals surface area (Å²) >= 11 is 0. The molecule has 0 spiro atoms. The van der Waals surface area contributed by atoms with Gasteiger partial charge in [-0.05, 0) is 17.5 Å². The van der Waals surface area contributed by atoms with Crippen molar-refractivity contribution < 1.29 is 14.3 Å². The van der Waals surface area contributed by atoms with E-state index in [1.807, 2.05) is 13.8 Å². The zero-order valence-corrected chi connectivity index (χ0v) is 10.5. The molecule has 1 aromatic rings. The fraction of sp³-hybridized carbons (Fsp3) is 0.462. The lowest BCUT2D eigenvalue weighted by Gasteiger charge is -2.13. The molecule has 0 radical (unpaired) electrons. The average Bonchev–Trinajstić information content (AvgIpc) is 2.21. The lowest BCUT2D eigenvalue weighted by Crippen LogP contribution is -2.18. The molecule has 0 saturated carbocycles. The maximum atomic E-state index is 13.5. The Morgan fingerprint density at radius 2 is 1.88 bits per heavy atom. The molecule has 4 heteroatoms. The van der Waals surface area contributed by atoms with Gasteiger partial charge in [-0.1, -0.05) is 27.7 Å². The van der Waals surface area contributed by atoms with Crippen LogP contribution < -0.4 is 5.32 Å². The standard InChI is InChI=1S/C13H18FNO2/c1-7(2)9-5-11(10(14)6-12(9)16)15-13(17)8(3)4/h5-8,16H,1-4H3,(H,15,17). The second-order valence-electron chi connectivity index (χ2n) is 4.69. The number of carbonyl (C=O) groups is 1. The van der Waals surface area contributed by atoms with Crippen molar-refractivity contribution in [1.82, 2.24) is 0 Å². The van der Waals surface area contributed by atoms with Crippen LogP contribution in [-0.4, -0.2) is 11.0 Å². The molecule has 0 heterocycles. The fourth-order valence-electron chi connectivity index (χ4n) is 1.41. The van der Waals surface area contributed by atoms with Crippen LogP contribution in [0.2, 0.25) is 0 Å². The summed E-state index contributed by atoms with van der Waals surface area (Å²) in [6.07, 6.45) is 0. The van der Waals surface area contributed by atoms with E-state index < -0.39 is 5.82 Å². The number of phenolic OH excluding ortho intramolecular Hbond substituents is 1. The van der Waals surface area contributed by atoms with E-state index >= 15 is 0 Å². The Morgan fingerprint density at radius 3 is 2.35 bits per heavy atom.